The van der Waals surface area contributed by atoms with Crippen molar-refractivity contribution >= 4 is 28.8 Å². The highest BCUT2D eigenvalue weighted by molar-refractivity contribution is 7.11. The van der Waals surface area contributed by atoms with Crippen LogP contribution >= 0.6 is 22.9 Å². The van der Waals surface area contributed by atoms with E-state index in [4.69, 9.17) is 11.6 Å². The molecule has 0 N–H and O–H groups in total. The Morgan fingerprint density at radius 2 is 2.11 bits per heavy atom. The van der Waals surface area contributed by atoms with Gasteiger partial charge in [-0.1, -0.05) is 11.6 Å². The van der Waals surface area contributed by atoms with Crippen LogP contribution in [0.3, 0.4) is 0 Å². The van der Waals surface area contributed by atoms with Crippen LogP contribution in [0, 0.1) is 6.92 Å². The van der Waals surface area contributed by atoms with E-state index < -0.39 is 0 Å². The van der Waals surface area contributed by atoms with Gasteiger partial charge in [0.25, 0.3) is 5.91 Å². The zero-order valence-electron chi connectivity index (χ0n) is 9.92. The van der Waals surface area contributed by atoms with Gasteiger partial charge in [0, 0.05) is 18.1 Å². The molecule has 0 aromatic carbocycles. The Balaban J connectivity index is 2.07. The molecule has 5 nitrogen and oxygen atoms in total. The molecule has 0 bridgehead atoms. The Kier molecular flexibility index (Phi) is 3.88. The number of thiazole rings is 1. The molecule has 0 aliphatic heterocycles. The Morgan fingerprint density at radius 3 is 2.67 bits per heavy atom. The molecule has 7 heteroatoms. The maximum Gasteiger partial charge on any atom is 0.274 e. The van der Waals surface area contributed by atoms with Gasteiger partial charge in [-0.2, -0.15) is 0 Å². The number of carbonyl (C=O) groups is 1. The summed E-state index contributed by atoms with van der Waals surface area (Å²) in [7, 11) is 1.72. The number of halogens is 1. The van der Waals surface area contributed by atoms with E-state index in [2.05, 4.69) is 15.0 Å². The first kappa shape index (κ1) is 12.9. The van der Waals surface area contributed by atoms with E-state index in [0.29, 0.717) is 6.54 Å². The first-order valence-electron chi connectivity index (χ1n) is 5.20. The summed E-state index contributed by atoms with van der Waals surface area (Å²) in [6, 6.07) is 0. The van der Waals surface area contributed by atoms with Gasteiger partial charge in [0.15, 0.2) is 0 Å². The van der Waals surface area contributed by atoms with Gasteiger partial charge in [-0.25, -0.2) is 15.0 Å². The second kappa shape index (κ2) is 5.41. The van der Waals surface area contributed by atoms with E-state index in [1.807, 2.05) is 6.92 Å². The summed E-state index contributed by atoms with van der Waals surface area (Å²) in [6.07, 6.45) is 4.51. The summed E-state index contributed by atoms with van der Waals surface area (Å²) >= 11 is 7.19. The minimum absolute atomic E-state index is 0.190. The van der Waals surface area contributed by atoms with Gasteiger partial charge in [0.2, 0.25) is 0 Å². The molecule has 0 aliphatic carbocycles. The predicted molar refractivity (Wildman–Crippen MR) is 69.7 cm³/mol. The fourth-order valence-electron chi connectivity index (χ4n) is 1.40. The number of aromatic nitrogens is 3. The number of hydrogen-bond acceptors (Lipinski definition) is 5. The second-order valence-electron chi connectivity index (χ2n) is 3.73. The van der Waals surface area contributed by atoms with Gasteiger partial charge in [0.05, 0.1) is 23.9 Å². The van der Waals surface area contributed by atoms with Gasteiger partial charge in [-0.3, -0.25) is 4.79 Å². The predicted octanol–water partition coefficient (Wildman–Crippen LogP) is 2.17. The van der Waals surface area contributed by atoms with Crippen LogP contribution in [-0.2, 0) is 6.54 Å². The molecule has 0 unspecified atom stereocenters. The summed E-state index contributed by atoms with van der Waals surface area (Å²) < 4.78 is 0. The van der Waals surface area contributed by atoms with Crippen molar-refractivity contribution in [3.8, 4) is 0 Å². The SMILES string of the molecule is Cc1ncc(CN(C)C(=O)c2cnc(Cl)cn2)s1. The molecule has 1 amide bonds. The van der Waals surface area contributed by atoms with Crippen LogP contribution in [0.1, 0.15) is 20.4 Å². The van der Waals surface area contributed by atoms with Crippen molar-refractivity contribution in [2.75, 3.05) is 7.05 Å². The van der Waals surface area contributed by atoms with Crippen molar-refractivity contribution in [1.29, 1.82) is 0 Å². The highest BCUT2D eigenvalue weighted by atomic mass is 35.5. The molecule has 0 saturated heterocycles. The third-order valence-corrected chi connectivity index (χ3v) is 3.34. The van der Waals surface area contributed by atoms with E-state index in [1.54, 1.807) is 29.5 Å². The van der Waals surface area contributed by atoms with Crippen LogP contribution in [0.15, 0.2) is 18.6 Å². The van der Waals surface area contributed by atoms with Gasteiger partial charge in [-0.15, -0.1) is 11.3 Å². The van der Waals surface area contributed by atoms with E-state index in [-0.39, 0.29) is 16.8 Å². The fraction of sp³-hybridized carbons (Fsp3) is 0.273. The van der Waals surface area contributed by atoms with E-state index in [9.17, 15) is 4.79 Å². The number of hydrogen-bond donors (Lipinski definition) is 0. The Labute approximate surface area is 113 Å². The zero-order chi connectivity index (χ0) is 13.1. The van der Waals surface area contributed by atoms with Crippen LogP contribution in [0.5, 0.6) is 0 Å². The number of carbonyl (C=O) groups excluding carboxylic acids is 1. The molecule has 94 valence electrons. The standard InChI is InChI=1S/C11H11ClN4OS/c1-7-13-3-8(18-7)6-16(2)11(17)9-4-15-10(12)5-14-9/h3-5H,6H2,1-2H3. The molecule has 0 radical (unpaired) electrons. The van der Waals surface area contributed by atoms with Crippen molar-refractivity contribution in [3.05, 3.63) is 39.3 Å². The van der Waals surface area contributed by atoms with Crippen molar-refractivity contribution in [1.82, 2.24) is 19.9 Å². The van der Waals surface area contributed by atoms with Crippen LogP contribution in [0.25, 0.3) is 0 Å². The molecule has 0 fully saturated rings. The molecule has 0 spiro atoms. The van der Waals surface area contributed by atoms with Crippen LogP contribution in [-0.4, -0.2) is 32.8 Å². The maximum atomic E-state index is 12.0. The number of rotatable bonds is 3. The second-order valence-corrected chi connectivity index (χ2v) is 5.44. The third-order valence-electron chi connectivity index (χ3n) is 2.25. The monoisotopic (exact) mass is 282 g/mol. The Hall–Kier alpha value is -1.53. The first-order chi connectivity index (χ1) is 8.56. The molecule has 2 rings (SSSR count). The van der Waals surface area contributed by atoms with Crippen molar-refractivity contribution in [3.63, 3.8) is 0 Å². The van der Waals surface area contributed by atoms with E-state index in [1.165, 1.54) is 12.4 Å². The highest BCUT2D eigenvalue weighted by Crippen LogP contribution is 2.14. The minimum Gasteiger partial charge on any atom is -0.335 e. The van der Waals surface area contributed by atoms with Crippen molar-refractivity contribution in [2.24, 2.45) is 0 Å². The molecule has 0 saturated carbocycles. The van der Waals surface area contributed by atoms with Crippen molar-refractivity contribution in [2.45, 2.75) is 13.5 Å². The fourth-order valence-corrected chi connectivity index (χ4v) is 2.35. The largest absolute Gasteiger partial charge is 0.335 e. The van der Waals surface area contributed by atoms with Gasteiger partial charge in [-0.05, 0) is 6.92 Å². The average Bonchev–Trinajstić information content (AvgIpc) is 2.75. The normalized spacial score (nSPS) is 10.4. The topological polar surface area (TPSA) is 59.0 Å². The average molecular weight is 283 g/mol. The van der Waals surface area contributed by atoms with E-state index in [0.717, 1.165) is 9.88 Å². The number of nitrogens with zero attached hydrogens (tertiary/aromatic N) is 4. The smallest absolute Gasteiger partial charge is 0.274 e. The molecular formula is C11H11ClN4OS. The summed E-state index contributed by atoms with van der Waals surface area (Å²) in [5.74, 6) is -0.190. The molecule has 18 heavy (non-hydrogen) atoms. The molecule has 0 atom stereocenters. The Morgan fingerprint density at radius 1 is 1.33 bits per heavy atom. The van der Waals surface area contributed by atoms with Gasteiger partial charge >= 0.3 is 0 Å². The zero-order valence-corrected chi connectivity index (χ0v) is 11.5. The summed E-state index contributed by atoms with van der Waals surface area (Å²) in [4.78, 5) is 26.6. The third kappa shape index (κ3) is 3.02. The summed E-state index contributed by atoms with van der Waals surface area (Å²) in [6.45, 7) is 2.44. The van der Waals surface area contributed by atoms with Crippen LogP contribution < -0.4 is 0 Å². The number of amides is 1. The molecule has 2 heterocycles. The molecular weight excluding hydrogens is 272 g/mol. The number of aryl methyl sites for hydroxylation is 1. The Bertz CT molecular complexity index is 554. The summed E-state index contributed by atoms with van der Waals surface area (Å²) in [5.41, 5.74) is 0.281. The lowest BCUT2D eigenvalue weighted by Gasteiger charge is -2.14. The molecule has 0 aliphatic rings. The maximum absolute atomic E-state index is 12.0. The van der Waals surface area contributed by atoms with Gasteiger partial charge < -0.3 is 4.90 Å². The summed E-state index contributed by atoms with van der Waals surface area (Å²) in [5, 5.41) is 1.25. The minimum atomic E-state index is -0.190. The first-order valence-corrected chi connectivity index (χ1v) is 6.40. The lowest BCUT2D eigenvalue weighted by atomic mass is 10.3. The van der Waals surface area contributed by atoms with Crippen LogP contribution in [0.4, 0.5) is 0 Å². The van der Waals surface area contributed by atoms with Crippen molar-refractivity contribution < 1.29 is 4.79 Å². The lowest BCUT2D eigenvalue weighted by Crippen LogP contribution is -2.26. The van der Waals surface area contributed by atoms with Crippen LogP contribution in [0.2, 0.25) is 5.15 Å². The van der Waals surface area contributed by atoms with Gasteiger partial charge in [0.1, 0.15) is 10.8 Å². The van der Waals surface area contributed by atoms with E-state index >= 15 is 0 Å². The molecule has 2 aromatic rings. The lowest BCUT2D eigenvalue weighted by molar-refractivity contribution is 0.0780. The highest BCUT2D eigenvalue weighted by Gasteiger charge is 2.14. The quantitative estimate of drug-likeness (QED) is 0.866. The molecule has 2 aromatic heterocycles.